The Balaban J connectivity index is 2.20. The summed E-state index contributed by atoms with van der Waals surface area (Å²) in [6.45, 7) is 0.0850. The van der Waals surface area contributed by atoms with Gasteiger partial charge in [0.15, 0.2) is 0 Å². The maximum Gasteiger partial charge on any atom is 0.316 e. The Hall–Kier alpha value is -2.87. The highest BCUT2D eigenvalue weighted by molar-refractivity contribution is 5.74. The Morgan fingerprint density at radius 2 is 1.83 bits per heavy atom. The van der Waals surface area contributed by atoms with Crippen LogP contribution in [0.4, 0.5) is 13.6 Å². The minimum absolute atomic E-state index is 0.0850. The number of benzene rings is 2. The van der Waals surface area contributed by atoms with Crippen molar-refractivity contribution < 1.29 is 13.6 Å². The molecule has 2 amide bonds. The second kappa shape index (κ2) is 7.95. The first-order valence-electron chi connectivity index (χ1n) is 7.06. The van der Waals surface area contributed by atoms with E-state index in [-0.39, 0.29) is 12.4 Å². The summed E-state index contributed by atoms with van der Waals surface area (Å²) < 4.78 is 26.8. The van der Waals surface area contributed by atoms with Gasteiger partial charge < -0.3 is 10.6 Å². The molecule has 0 fully saturated rings. The first kappa shape index (κ1) is 16.5. The number of carbonyl (C=O) groups excluding carboxylic acids is 1. The number of hydrogen-bond donors (Lipinski definition) is 2. The van der Waals surface area contributed by atoms with Crippen LogP contribution in [-0.2, 0) is 6.42 Å². The fourth-order valence-electron chi connectivity index (χ4n) is 2.22. The lowest BCUT2D eigenvalue weighted by molar-refractivity contribution is 0.238. The van der Waals surface area contributed by atoms with Crippen LogP contribution >= 0.6 is 0 Å². The van der Waals surface area contributed by atoms with E-state index in [0.717, 1.165) is 0 Å². The third-order valence-electron chi connectivity index (χ3n) is 3.24. The van der Waals surface area contributed by atoms with E-state index >= 15 is 0 Å². The van der Waals surface area contributed by atoms with Crippen molar-refractivity contribution in [3.05, 3.63) is 71.3 Å². The molecule has 118 valence electrons. The summed E-state index contributed by atoms with van der Waals surface area (Å²) in [4.78, 5) is 11.8. The van der Waals surface area contributed by atoms with E-state index in [1.807, 2.05) is 0 Å². The highest BCUT2D eigenvalue weighted by Crippen LogP contribution is 2.20. The lowest BCUT2D eigenvalue weighted by Crippen LogP contribution is -2.38. The molecule has 5 heteroatoms. The number of rotatable bonds is 5. The molecule has 23 heavy (non-hydrogen) atoms. The molecule has 0 aliphatic rings. The second-order valence-corrected chi connectivity index (χ2v) is 4.97. The number of halogens is 2. The fourth-order valence-corrected chi connectivity index (χ4v) is 2.22. The summed E-state index contributed by atoms with van der Waals surface area (Å²) in [7, 11) is 0. The second-order valence-electron chi connectivity index (χ2n) is 4.97. The van der Waals surface area contributed by atoms with E-state index in [1.54, 1.807) is 24.3 Å². The minimum Gasteiger partial charge on any atom is -0.331 e. The monoisotopic (exact) mass is 314 g/mol. The Morgan fingerprint density at radius 3 is 2.48 bits per heavy atom. The van der Waals surface area contributed by atoms with Crippen LogP contribution in [0.15, 0.2) is 48.5 Å². The summed E-state index contributed by atoms with van der Waals surface area (Å²) in [6.07, 6.45) is 5.42. The maximum atomic E-state index is 13.5. The van der Waals surface area contributed by atoms with Crippen molar-refractivity contribution in [1.82, 2.24) is 10.6 Å². The molecule has 0 unspecified atom stereocenters. The summed E-state index contributed by atoms with van der Waals surface area (Å²) in [6, 6.07) is 11.0. The van der Waals surface area contributed by atoms with Gasteiger partial charge in [0.25, 0.3) is 0 Å². The third kappa shape index (κ3) is 5.11. The number of terminal acetylenes is 1. The molecule has 0 aliphatic carbocycles. The minimum atomic E-state index is -0.509. The molecular formula is C18H16F2N2O. The van der Waals surface area contributed by atoms with Gasteiger partial charge in [-0.3, -0.25) is 0 Å². The summed E-state index contributed by atoms with van der Waals surface area (Å²) in [5.74, 6) is 1.53. The van der Waals surface area contributed by atoms with Gasteiger partial charge in [0, 0.05) is 0 Å². The van der Waals surface area contributed by atoms with Crippen LogP contribution in [0.2, 0.25) is 0 Å². The quantitative estimate of drug-likeness (QED) is 0.818. The Bertz CT molecular complexity index is 725. The standard InChI is InChI=1S/C18H16F2N2O/c1-2-9-21-18(23)22-17(14-6-4-8-16(20)12-14)11-13-5-3-7-15(19)10-13/h1,3-8,10,12,17H,9,11H2,(H2,21,22,23)/t17-/m1/s1. The summed E-state index contributed by atoms with van der Waals surface area (Å²) in [5, 5.41) is 5.22. The molecular weight excluding hydrogens is 298 g/mol. The van der Waals surface area contributed by atoms with Crippen LogP contribution in [0.5, 0.6) is 0 Å². The van der Waals surface area contributed by atoms with Gasteiger partial charge in [0.05, 0.1) is 12.6 Å². The molecule has 3 nitrogen and oxygen atoms in total. The van der Waals surface area contributed by atoms with E-state index in [1.165, 1.54) is 24.3 Å². The molecule has 0 heterocycles. The average Bonchev–Trinajstić information content (AvgIpc) is 2.52. The summed E-state index contributed by atoms with van der Waals surface area (Å²) in [5.41, 5.74) is 1.28. The molecule has 0 bridgehead atoms. The first-order chi connectivity index (χ1) is 11.1. The van der Waals surface area contributed by atoms with Crippen molar-refractivity contribution in [2.45, 2.75) is 12.5 Å². The zero-order valence-corrected chi connectivity index (χ0v) is 12.4. The predicted molar refractivity (Wildman–Crippen MR) is 84.6 cm³/mol. The molecule has 0 saturated heterocycles. The summed E-state index contributed by atoms with van der Waals surface area (Å²) >= 11 is 0. The van der Waals surface area contributed by atoms with Gasteiger partial charge in [-0.05, 0) is 41.8 Å². The van der Waals surface area contributed by atoms with Crippen molar-refractivity contribution in [1.29, 1.82) is 0 Å². The average molecular weight is 314 g/mol. The lowest BCUT2D eigenvalue weighted by atomic mass is 9.99. The molecule has 0 radical (unpaired) electrons. The van der Waals surface area contributed by atoms with Crippen molar-refractivity contribution in [2.75, 3.05) is 6.54 Å². The number of carbonyl (C=O) groups is 1. The molecule has 0 aliphatic heterocycles. The largest absolute Gasteiger partial charge is 0.331 e. The molecule has 2 aromatic carbocycles. The van der Waals surface area contributed by atoms with Gasteiger partial charge in [-0.1, -0.05) is 30.2 Å². The van der Waals surface area contributed by atoms with Gasteiger partial charge >= 0.3 is 6.03 Å². The number of nitrogens with one attached hydrogen (secondary N) is 2. The van der Waals surface area contributed by atoms with E-state index < -0.39 is 17.9 Å². The number of amides is 2. The van der Waals surface area contributed by atoms with Crippen molar-refractivity contribution >= 4 is 6.03 Å². The van der Waals surface area contributed by atoms with E-state index in [9.17, 15) is 13.6 Å². The maximum absolute atomic E-state index is 13.5. The molecule has 0 spiro atoms. The number of hydrogen-bond acceptors (Lipinski definition) is 1. The zero-order chi connectivity index (χ0) is 16.7. The normalized spacial score (nSPS) is 11.3. The van der Waals surface area contributed by atoms with Crippen LogP contribution in [0, 0.1) is 24.0 Å². The topological polar surface area (TPSA) is 41.1 Å². The molecule has 2 N–H and O–H groups in total. The van der Waals surface area contributed by atoms with Crippen molar-refractivity contribution in [2.24, 2.45) is 0 Å². The van der Waals surface area contributed by atoms with Crippen LogP contribution in [-0.4, -0.2) is 12.6 Å². The van der Waals surface area contributed by atoms with Crippen molar-refractivity contribution in [3.8, 4) is 12.3 Å². The Kier molecular flexibility index (Phi) is 5.70. The van der Waals surface area contributed by atoms with Gasteiger partial charge in [-0.2, -0.15) is 0 Å². The molecule has 0 saturated carbocycles. The van der Waals surface area contributed by atoms with Gasteiger partial charge in [0.2, 0.25) is 0 Å². The molecule has 2 aromatic rings. The van der Waals surface area contributed by atoms with Crippen LogP contribution < -0.4 is 10.6 Å². The van der Waals surface area contributed by atoms with E-state index in [2.05, 4.69) is 16.6 Å². The highest BCUT2D eigenvalue weighted by Gasteiger charge is 2.16. The van der Waals surface area contributed by atoms with Crippen LogP contribution in [0.1, 0.15) is 17.2 Å². The van der Waals surface area contributed by atoms with E-state index in [0.29, 0.717) is 17.5 Å². The van der Waals surface area contributed by atoms with Crippen molar-refractivity contribution in [3.63, 3.8) is 0 Å². The lowest BCUT2D eigenvalue weighted by Gasteiger charge is -2.19. The first-order valence-corrected chi connectivity index (χ1v) is 7.06. The predicted octanol–water partition coefficient (Wildman–Crippen LogP) is 3.18. The van der Waals surface area contributed by atoms with Crippen LogP contribution in [0.3, 0.4) is 0 Å². The highest BCUT2D eigenvalue weighted by atomic mass is 19.1. The number of urea groups is 1. The Morgan fingerprint density at radius 1 is 1.13 bits per heavy atom. The molecule has 0 aromatic heterocycles. The molecule has 2 rings (SSSR count). The van der Waals surface area contributed by atoms with Crippen LogP contribution in [0.25, 0.3) is 0 Å². The van der Waals surface area contributed by atoms with Gasteiger partial charge in [-0.15, -0.1) is 6.42 Å². The Labute approximate surface area is 133 Å². The van der Waals surface area contributed by atoms with Gasteiger partial charge in [-0.25, -0.2) is 13.6 Å². The molecule has 1 atom stereocenters. The van der Waals surface area contributed by atoms with Gasteiger partial charge in [0.1, 0.15) is 11.6 Å². The SMILES string of the molecule is C#CCNC(=O)N[C@H](Cc1cccc(F)c1)c1cccc(F)c1. The third-order valence-corrected chi connectivity index (χ3v) is 3.24. The smallest absolute Gasteiger partial charge is 0.316 e. The zero-order valence-electron chi connectivity index (χ0n) is 12.4. The fraction of sp³-hybridized carbons (Fsp3) is 0.167. The van der Waals surface area contributed by atoms with E-state index in [4.69, 9.17) is 6.42 Å².